The van der Waals surface area contributed by atoms with Gasteiger partial charge in [0.05, 0.1) is 13.0 Å². The van der Waals surface area contributed by atoms with Crippen LogP contribution in [-0.2, 0) is 16.8 Å². The van der Waals surface area contributed by atoms with Crippen molar-refractivity contribution in [2.45, 2.75) is 25.9 Å². The highest BCUT2D eigenvalue weighted by Gasteiger charge is 2.22. The number of hydrogen-bond acceptors (Lipinski definition) is 3. The van der Waals surface area contributed by atoms with E-state index in [0.29, 0.717) is 25.6 Å². The zero-order valence-electron chi connectivity index (χ0n) is 16.9. The van der Waals surface area contributed by atoms with Crippen LogP contribution >= 0.6 is 0 Å². The molecule has 1 amide bonds. The fraction of sp³-hybridized carbons (Fsp3) is 0.364. The summed E-state index contributed by atoms with van der Waals surface area (Å²) >= 11 is 0. The lowest BCUT2D eigenvalue weighted by Crippen LogP contribution is -2.42. The zero-order chi connectivity index (χ0) is 21.1. The molecule has 0 aliphatic heterocycles. The first-order chi connectivity index (χ1) is 13.9. The Balaban J connectivity index is 1.78. The molecule has 0 bridgehead atoms. The summed E-state index contributed by atoms with van der Waals surface area (Å²) < 4.78 is 12.9. The number of amides is 1. The summed E-state index contributed by atoms with van der Waals surface area (Å²) in [6.07, 6.45) is 0.203. The minimum absolute atomic E-state index is 0.132. The number of guanidine groups is 1. The second-order valence-electron chi connectivity index (χ2n) is 6.92. The van der Waals surface area contributed by atoms with E-state index in [1.807, 2.05) is 37.3 Å². The molecule has 0 aliphatic rings. The van der Waals surface area contributed by atoms with Gasteiger partial charge in [-0.25, -0.2) is 9.38 Å². The Bertz CT molecular complexity index is 792. The topological polar surface area (TPSA) is 85.8 Å². The van der Waals surface area contributed by atoms with Gasteiger partial charge in [0.15, 0.2) is 5.96 Å². The second-order valence-corrected chi connectivity index (χ2v) is 6.92. The largest absolute Gasteiger partial charge is 0.384 e. The molecular formula is C22H29FN4O2. The van der Waals surface area contributed by atoms with Gasteiger partial charge in [0.25, 0.3) is 0 Å². The van der Waals surface area contributed by atoms with Gasteiger partial charge in [-0.05, 0) is 37.1 Å². The van der Waals surface area contributed by atoms with E-state index in [2.05, 4.69) is 20.9 Å². The minimum Gasteiger partial charge on any atom is -0.384 e. The lowest BCUT2D eigenvalue weighted by Gasteiger charge is -2.22. The van der Waals surface area contributed by atoms with E-state index in [0.717, 1.165) is 11.1 Å². The number of aliphatic imine (C=N–C) groups is 1. The van der Waals surface area contributed by atoms with Crippen LogP contribution in [-0.4, -0.2) is 43.2 Å². The summed E-state index contributed by atoms with van der Waals surface area (Å²) in [4.78, 5) is 16.4. The average Bonchev–Trinajstić information content (AvgIpc) is 2.71. The number of nitrogens with one attached hydrogen (secondary N) is 3. The van der Waals surface area contributed by atoms with Gasteiger partial charge in [0, 0.05) is 19.6 Å². The Kier molecular flexibility index (Phi) is 8.61. The zero-order valence-corrected chi connectivity index (χ0v) is 16.9. The number of halogens is 1. The van der Waals surface area contributed by atoms with Crippen LogP contribution in [0.1, 0.15) is 25.0 Å². The maximum absolute atomic E-state index is 12.9. The number of rotatable bonds is 9. The molecule has 0 saturated carbocycles. The van der Waals surface area contributed by atoms with Gasteiger partial charge in [0.2, 0.25) is 5.91 Å². The summed E-state index contributed by atoms with van der Waals surface area (Å²) in [5, 5.41) is 19.7. The number of aliphatic hydroxyl groups is 1. The Morgan fingerprint density at radius 2 is 1.69 bits per heavy atom. The first-order valence-corrected chi connectivity index (χ1v) is 9.72. The number of nitrogens with zero attached hydrogens (tertiary/aromatic N) is 1. The molecule has 2 aromatic carbocycles. The fourth-order valence-corrected chi connectivity index (χ4v) is 2.70. The third kappa shape index (κ3) is 7.91. The third-order valence-corrected chi connectivity index (χ3v) is 4.30. The Hall–Kier alpha value is -2.93. The van der Waals surface area contributed by atoms with Gasteiger partial charge in [-0.3, -0.25) is 4.79 Å². The van der Waals surface area contributed by atoms with Gasteiger partial charge in [-0.15, -0.1) is 0 Å². The summed E-state index contributed by atoms with van der Waals surface area (Å²) in [6, 6.07) is 15.3. The Labute approximate surface area is 171 Å². The molecule has 0 heterocycles. The van der Waals surface area contributed by atoms with Crippen LogP contribution in [0, 0.1) is 5.82 Å². The lowest BCUT2D eigenvalue weighted by atomic mass is 9.96. The number of benzene rings is 2. The molecule has 29 heavy (non-hydrogen) atoms. The fourth-order valence-electron chi connectivity index (χ4n) is 2.70. The summed E-state index contributed by atoms with van der Waals surface area (Å²) in [5.41, 5.74) is 0.482. The minimum atomic E-state index is -1.08. The van der Waals surface area contributed by atoms with E-state index in [1.54, 1.807) is 19.1 Å². The van der Waals surface area contributed by atoms with Crippen LogP contribution in [0.25, 0.3) is 0 Å². The molecular weight excluding hydrogens is 371 g/mol. The molecule has 0 fully saturated rings. The van der Waals surface area contributed by atoms with Gasteiger partial charge in [-0.1, -0.05) is 42.5 Å². The molecule has 0 spiro atoms. The van der Waals surface area contributed by atoms with E-state index in [4.69, 9.17) is 0 Å². The number of carbonyl (C=O) groups excluding carboxylic acids is 1. The molecule has 4 N–H and O–H groups in total. The molecule has 7 heteroatoms. The lowest BCUT2D eigenvalue weighted by molar-refractivity contribution is -0.120. The van der Waals surface area contributed by atoms with Crippen molar-refractivity contribution in [3.63, 3.8) is 0 Å². The van der Waals surface area contributed by atoms with E-state index >= 15 is 0 Å². The highest BCUT2D eigenvalue weighted by molar-refractivity contribution is 5.80. The maximum atomic E-state index is 12.9. The molecule has 1 unspecified atom stereocenters. The molecule has 0 radical (unpaired) electrons. The summed E-state index contributed by atoms with van der Waals surface area (Å²) in [7, 11) is 0. The average molecular weight is 400 g/mol. The van der Waals surface area contributed by atoms with Gasteiger partial charge in [-0.2, -0.15) is 0 Å². The normalized spacial score (nSPS) is 13.4. The SMILES string of the molecule is CCNC(=NCC(C)(O)c1ccccc1)NCCNC(=O)Cc1ccc(F)cc1. The van der Waals surface area contributed by atoms with E-state index in [-0.39, 0.29) is 24.7 Å². The molecule has 0 aromatic heterocycles. The Morgan fingerprint density at radius 1 is 1.03 bits per heavy atom. The number of carbonyl (C=O) groups is 1. The highest BCUT2D eigenvalue weighted by Crippen LogP contribution is 2.20. The summed E-state index contributed by atoms with van der Waals surface area (Å²) in [5.74, 6) is 0.115. The second kappa shape index (κ2) is 11.2. The standard InChI is InChI=1S/C22H29FN4O2/c1-3-24-21(27-16-22(2,29)18-7-5-4-6-8-18)26-14-13-25-20(28)15-17-9-11-19(23)12-10-17/h4-12,29H,3,13-16H2,1-2H3,(H,25,28)(H2,24,26,27). The first kappa shape index (κ1) is 22.4. The van der Waals surface area contributed by atoms with Crippen molar-refractivity contribution in [1.82, 2.24) is 16.0 Å². The van der Waals surface area contributed by atoms with Crippen molar-refractivity contribution >= 4 is 11.9 Å². The maximum Gasteiger partial charge on any atom is 0.224 e. The van der Waals surface area contributed by atoms with Crippen molar-refractivity contribution in [1.29, 1.82) is 0 Å². The first-order valence-electron chi connectivity index (χ1n) is 9.72. The van der Waals surface area contributed by atoms with Gasteiger partial charge >= 0.3 is 0 Å². The predicted molar refractivity (Wildman–Crippen MR) is 113 cm³/mol. The van der Waals surface area contributed by atoms with Crippen molar-refractivity contribution in [3.8, 4) is 0 Å². The summed E-state index contributed by atoms with van der Waals surface area (Å²) in [6.45, 7) is 5.45. The molecule has 2 rings (SSSR count). The van der Waals surface area contributed by atoms with E-state index in [1.165, 1.54) is 12.1 Å². The van der Waals surface area contributed by atoms with Crippen molar-refractivity contribution in [2.75, 3.05) is 26.2 Å². The highest BCUT2D eigenvalue weighted by atomic mass is 19.1. The van der Waals surface area contributed by atoms with Crippen molar-refractivity contribution in [3.05, 3.63) is 71.5 Å². The van der Waals surface area contributed by atoms with Crippen LogP contribution in [0.15, 0.2) is 59.6 Å². The smallest absolute Gasteiger partial charge is 0.224 e. The van der Waals surface area contributed by atoms with Crippen LogP contribution < -0.4 is 16.0 Å². The molecule has 6 nitrogen and oxygen atoms in total. The molecule has 156 valence electrons. The van der Waals surface area contributed by atoms with E-state index in [9.17, 15) is 14.3 Å². The number of hydrogen-bond donors (Lipinski definition) is 4. The van der Waals surface area contributed by atoms with Crippen LogP contribution in [0.5, 0.6) is 0 Å². The molecule has 0 aliphatic carbocycles. The predicted octanol–water partition coefficient (Wildman–Crippen LogP) is 1.95. The van der Waals surface area contributed by atoms with Crippen LogP contribution in [0.3, 0.4) is 0 Å². The third-order valence-electron chi connectivity index (χ3n) is 4.30. The Morgan fingerprint density at radius 3 is 2.34 bits per heavy atom. The van der Waals surface area contributed by atoms with E-state index < -0.39 is 5.60 Å². The van der Waals surface area contributed by atoms with Gasteiger partial charge in [0.1, 0.15) is 11.4 Å². The molecule has 1 atom stereocenters. The van der Waals surface area contributed by atoms with Crippen LogP contribution in [0.2, 0.25) is 0 Å². The van der Waals surface area contributed by atoms with Crippen molar-refractivity contribution in [2.24, 2.45) is 4.99 Å². The van der Waals surface area contributed by atoms with Gasteiger partial charge < -0.3 is 21.1 Å². The quantitative estimate of drug-likeness (QED) is 0.294. The molecule has 0 saturated heterocycles. The monoisotopic (exact) mass is 400 g/mol. The molecule has 2 aromatic rings. The van der Waals surface area contributed by atoms with Crippen LogP contribution in [0.4, 0.5) is 4.39 Å². The van der Waals surface area contributed by atoms with Crippen molar-refractivity contribution < 1.29 is 14.3 Å².